The number of aldehydes is 1. The molecule has 0 aromatic rings. The predicted molar refractivity (Wildman–Crippen MR) is 141 cm³/mol. The molecule has 0 bridgehead atoms. The monoisotopic (exact) mass is 534 g/mol. The number of hydrogen-bond donors (Lipinski definition) is 0. The molecule has 190 valence electrons. The summed E-state index contributed by atoms with van der Waals surface area (Å²) in [4.78, 5) is 10.8. The van der Waals surface area contributed by atoms with Gasteiger partial charge in [0.2, 0.25) is 0 Å². The van der Waals surface area contributed by atoms with Gasteiger partial charge in [-0.05, 0) is 111 Å². The Labute approximate surface area is 214 Å². The van der Waals surface area contributed by atoms with E-state index in [9.17, 15) is 4.79 Å². The van der Waals surface area contributed by atoms with Crippen LogP contribution in [0.15, 0.2) is 47.6 Å². The summed E-state index contributed by atoms with van der Waals surface area (Å²) in [6, 6.07) is 0. The second-order valence-corrected chi connectivity index (χ2v) is 12.0. The topological polar surface area (TPSA) is 51.2 Å². The molecule has 0 N–H and O–H groups in total. The van der Waals surface area contributed by atoms with E-state index in [0.717, 1.165) is 42.5 Å². The van der Waals surface area contributed by atoms with Gasteiger partial charge in [0.05, 0.1) is 0 Å². The van der Waals surface area contributed by atoms with Crippen molar-refractivity contribution in [2.75, 3.05) is 0 Å². The van der Waals surface area contributed by atoms with Crippen molar-refractivity contribution in [3.8, 4) is 0 Å². The van der Waals surface area contributed by atoms with E-state index in [0.29, 0.717) is 16.7 Å². The molecule has 4 rings (SSSR count). The first-order valence-corrected chi connectivity index (χ1v) is 14.5. The van der Waals surface area contributed by atoms with Crippen LogP contribution in [-0.2, 0) is 12.5 Å². The number of rotatable bonds is 3. The van der Waals surface area contributed by atoms with Crippen molar-refractivity contribution in [2.24, 2.45) is 34.5 Å². The van der Waals surface area contributed by atoms with E-state index in [1.165, 1.54) is 56.9 Å². The van der Waals surface area contributed by atoms with Crippen LogP contribution >= 0.6 is 0 Å². The van der Waals surface area contributed by atoms with Crippen LogP contribution in [0.25, 0.3) is 0 Å². The van der Waals surface area contributed by atoms with Crippen LogP contribution in [0.4, 0.5) is 0 Å². The third-order valence-corrected chi connectivity index (χ3v) is 9.86. The van der Waals surface area contributed by atoms with Crippen LogP contribution in [0.2, 0.25) is 0 Å². The van der Waals surface area contributed by atoms with Gasteiger partial charge >= 0.3 is 22.5 Å². The Morgan fingerprint density at radius 3 is 1.71 bits per heavy atom. The molecule has 4 heteroatoms. The fraction of sp³-hybridized carbons (Fsp3) is 0.700. The molecule has 2 fully saturated rings. The number of allylic oxidation sites excluding steroid dienone is 6. The van der Waals surface area contributed by atoms with Crippen molar-refractivity contribution in [3.63, 3.8) is 0 Å². The van der Waals surface area contributed by atoms with Crippen molar-refractivity contribution in [1.82, 2.24) is 0 Å². The summed E-state index contributed by atoms with van der Waals surface area (Å²) in [6.45, 7) is 19.9. The fourth-order valence-corrected chi connectivity index (χ4v) is 6.91. The van der Waals surface area contributed by atoms with Gasteiger partial charge in [-0.2, -0.15) is 0 Å². The third kappa shape index (κ3) is 6.49. The molecule has 0 aliphatic heterocycles. The molecule has 3 nitrogen and oxygen atoms in total. The van der Waals surface area contributed by atoms with Crippen molar-refractivity contribution in [3.05, 3.63) is 47.6 Å². The molecule has 0 aromatic carbocycles. The Bertz CT molecular complexity index is 862. The van der Waals surface area contributed by atoms with Gasteiger partial charge in [-0.15, -0.1) is 0 Å². The van der Waals surface area contributed by atoms with E-state index >= 15 is 0 Å². The molecule has 2 saturated carbocycles. The van der Waals surface area contributed by atoms with Crippen molar-refractivity contribution in [1.29, 1.82) is 0 Å². The van der Waals surface area contributed by atoms with Gasteiger partial charge in [0.1, 0.15) is 6.29 Å². The second-order valence-electron chi connectivity index (χ2n) is 11.7. The van der Waals surface area contributed by atoms with Gasteiger partial charge in [0, 0.05) is 0 Å². The van der Waals surface area contributed by atoms with Crippen LogP contribution in [0.1, 0.15) is 98.8 Å². The quantitative estimate of drug-likeness (QED) is 0.160. The van der Waals surface area contributed by atoms with Gasteiger partial charge in [0.15, 0.2) is 0 Å². The van der Waals surface area contributed by atoms with E-state index in [-0.39, 0.29) is 0 Å². The van der Waals surface area contributed by atoms with Gasteiger partial charge in [-0.3, -0.25) is 4.79 Å². The van der Waals surface area contributed by atoms with Crippen LogP contribution in [0.5, 0.6) is 0 Å². The normalized spacial score (nSPS) is 36.4. The summed E-state index contributed by atoms with van der Waals surface area (Å²) in [5.74, 6) is 2.79. The zero-order valence-corrected chi connectivity index (χ0v) is 23.9. The summed E-state index contributed by atoms with van der Waals surface area (Å²) in [7, 11) is 0. The molecule has 4 aliphatic rings. The van der Waals surface area contributed by atoms with Crippen LogP contribution < -0.4 is 0 Å². The summed E-state index contributed by atoms with van der Waals surface area (Å²) in [5.41, 5.74) is 6.40. The van der Waals surface area contributed by atoms with Gasteiger partial charge < -0.3 is 0 Å². The maximum absolute atomic E-state index is 10.8. The molecule has 0 spiro atoms. The Morgan fingerprint density at radius 2 is 1.29 bits per heavy atom. The van der Waals surface area contributed by atoms with Crippen LogP contribution in [-0.4, -0.2) is 21.1 Å². The van der Waals surface area contributed by atoms with E-state index in [1.807, 2.05) is 0 Å². The predicted octanol–water partition coefficient (Wildman–Crippen LogP) is 8.01. The Morgan fingerprint density at radius 1 is 0.882 bits per heavy atom. The molecule has 6 atom stereocenters. The Kier molecular flexibility index (Phi) is 10.8. The zero-order valence-electron chi connectivity index (χ0n) is 22.2. The van der Waals surface area contributed by atoms with Gasteiger partial charge in [0.25, 0.3) is 0 Å². The van der Waals surface area contributed by atoms with E-state index in [2.05, 4.69) is 59.9 Å². The number of fused-ring (bicyclic) bond motifs is 2. The van der Waals surface area contributed by atoms with Crippen molar-refractivity contribution < 1.29 is 12.5 Å². The summed E-state index contributed by atoms with van der Waals surface area (Å²) in [5, 5.41) is 0. The van der Waals surface area contributed by atoms with Crippen LogP contribution in [0, 0.1) is 34.5 Å². The molecule has 0 amide bonds. The van der Waals surface area contributed by atoms with Crippen LogP contribution in [0.3, 0.4) is 0 Å². The first kappa shape index (κ1) is 29.0. The molecule has 4 aliphatic carbocycles. The average molecular weight is 534 g/mol. The number of hydrogen-bond acceptors (Lipinski definition) is 3. The minimum absolute atomic E-state index is 0.327. The maximum atomic E-state index is 10.8. The van der Waals surface area contributed by atoms with Gasteiger partial charge in [-0.1, -0.05) is 69.7 Å². The SMILES string of the molecule is C=C(C)C1CCC2=CCC[C@@H](C)[C@]2(C)C1.C=C(C=O)C1CCC2=CCC[C@@H](C)[C@]2(C)C1.O=[Se]=O. The second kappa shape index (κ2) is 12.6. The average Bonchev–Trinajstić information content (AvgIpc) is 2.80. The standard InChI is InChI=1S/C15H22O.C15H24.O2Se/c1-11(10-16)13-7-8-14-6-4-5-12(2)15(14,3)9-13;1-11(2)13-8-9-14-7-5-6-12(3)15(14,4)10-13;1-3-2/h6,10,12-13H,1,4-5,7-9H2,2-3H3;7,12-13H,1,5-6,8-10H2,2-4H3;/t2*12-,13?,15+;/m11./s1. The summed E-state index contributed by atoms with van der Waals surface area (Å²) in [6.07, 6.45) is 18.5. The summed E-state index contributed by atoms with van der Waals surface area (Å²) < 4.78 is 16.9. The molecule has 0 radical (unpaired) electrons. The minimum atomic E-state index is -1.62. The third-order valence-electron chi connectivity index (χ3n) is 9.86. The van der Waals surface area contributed by atoms with Crippen molar-refractivity contribution >= 4 is 21.1 Å². The first-order chi connectivity index (χ1) is 16.0. The number of carbonyl (C=O) groups is 1. The molecule has 0 heterocycles. The molecule has 0 saturated heterocycles. The molecular weight excluding hydrogens is 487 g/mol. The molecular formula is C30H46O3Se. The molecule has 0 aromatic heterocycles. The van der Waals surface area contributed by atoms with Gasteiger partial charge in [-0.25, -0.2) is 0 Å². The molecule has 34 heavy (non-hydrogen) atoms. The molecule has 2 unspecified atom stereocenters. The summed E-state index contributed by atoms with van der Waals surface area (Å²) >= 11 is -1.62. The Hall–Kier alpha value is -1.25. The zero-order chi connectivity index (χ0) is 25.5. The fourth-order valence-electron chi connectivity index (χ4n) is 6.91. The number of carbonyl (C=O) groups excluding carboxylic acids is 1. The van der Waals surface area contributed by atoms with E-state index < -0.39 is 14.8 Å². The first-order valence-electron chi connectivity index (χ1n) is 13.1. The van der Waals surface area contributed by atoms with E-state index in [1.54, 1.807) is 11.1 Å². The Balaban J connectivity index is 0.000000216. The van der Waals surface area contributed by atoms with E-state index in [4.69, 9.17) is 7.67 Å². The van der Waals surface area contributed by atoms with Crippen molar-refractivity contribution in [2.45, 2.75) is 98.8 Å².